The quantitative estimate of drug-likeness (QED) is 0.155. The number of nitrogens with zero attached hydrogens (tertiary/aromatic N) is 5. The predicted molar refractivity (Wildman–Crippen MR) is 136 cm³/mol. The van der Waals surface area contributed by atoms with Gasteiger partial charge in [0, 0.05) is 28.4 Å². The molecule has 11 heteroatoms. The van der Waals surface area contributed by atoms with E-state index in [-0.39, 0.29) is 17.3 Å². The number of carbonyl (C=O) groups excluding carboxylic acids is 1. The number of nitrogens with one attached hydrogen (secondary N) is 1. The molecule has 0 atom stereocenters. The Bertz CT molecular complexity index is 1370. The monoisotopic (exact) mass is 506 g/mol. The Morgan fingerprint density at radius 1 is 1.09 bits per heavy atom. The number of thioether (sulfide) groups is 1. The minimum Gasteiger partial charge on any atom is -0.272 e. The highest BCUT2D eigenvalue weighted by atomic mass is 35.5. The first-order valence-electron chi connectivity index (χ1n) is 10.4. The van der Waals surface area contributed by atoms with Crippen molar-refractivity contribution in [2.75, 3.05) is 5.75 Å². The van der Waals surface area contributed by atoms with Gasteiger partial charge in [-0.15, -0.1) is 10.2 Å². The van der Waals surface area contributed by atoms with Gasteiger partial charge in [0.15, 0.2) is 11.0 Å². The van der Waals surface area contributed by atoms with Crippen molar-refractivity contribution in [3.05, 3.63) is 99.1 Å². The zero-order valence-electron chi connectivity index (χ0n) is 18.5. The van der Waals surface area contributed by atoms with Crippen LogP contribution in [-0.2, 0) is 4.79 Å². The van der Waals surface area contributed by atoms with Crippen LogP contribution in [0, 0.1) is 17.0 Å². The van der Waals surface area contributed by atoms with Gasteiger partial charge in [-0.25, -0.2) is 5.43 Å². The highest BCUT2D eigenvalue weighted by Gasteiger charge is 2.17. The molecule has 1 heterocycles. The molecule has 0 saturated carbocycles. The van der Waals surface area contributed by atoms with Crippen molar-refractivity contribution in [1.82, 2.24) is 20.2 Å². The lowest BCUT2D eigenvalue weighted by Gasteiger charge is -2.10. The van der Waals surface area contributed by atoms with Crippen LogP contribution >= 0.6 is 23.4 Å². The van der Waals surface area contributed by atoms with Crippen LogP contribution < -0.4 is 5.43 Å². The van der Waals surface area contributed by atoms with Gasteiger partial charge < -0.3 is 0 Å². The molecule has 35 heavy (non-hydrogen) atoms. The lowest BCUT2D eigenvalue weighted by Crippen LogP contribution is -2.20. The van der Waals surface area contributed by atoms with Gasteiger partial charge in [0.05, 0.1) is 16.9 Å². The third-order valence-electron chi connectivity index (χ3n) is 4.87. The molecule has 3 aromatic carbocycles. The number of carbonyl (C=O) groups is 1. The summed E-state index contributed by atoms with van der Waals surface area (Å²) in [5, 5.41) is 24.5. The largest absolute Gasteiger partial charge is 0.272 e. The molecule has 9 nitrogen and oxygen atoms in total. The van der Waals surface area contributed by atoms with Gasteiger partial charge in [-0.3, -0.25) is 19.5 Å². The van der Waals surface area contributed by atoms with E-state index in [1.807, 2.05) is 47.9 Å². The van der Waals surface area contributed by atoms with Crippen LogP contribution in [0.4, 0.5) is 5.69 Å². The van der Waals surface area contributed by atoms with E-state index < -0.39 is 4.92 Å². The first kappa shape index (κ1) is 24.1. The molecular weight excluding hydrogens is 488 g/mol. The number of halogens is 1. The van der Waals surface area contributed by atoms with Crippen molar-refractivity contribution in [3.8, 4) is 17.1 Å². The van der Waals surface area contributed by atoms with E-state index in [1.165, 1.54) is 30.1 Å². The van der Waals surface area contributed by atoms with Crippen molar-refractivity contribution >= 4 is 41.2 Å². The van der Waals surface area contributed by atoms with Crippen molar-refractivity contribution < 1.29 is 9.72 Å². The van der Waals surface area contributed by atoms with E-state index in [9.17, 15) is 14.9 Å². The van der Waals surface area contributed by atoms with Gasteiger partial charge >= 0.3 is 0 Å². The first-order valence-corrected chi connectivity index (χ1v) is 11.7. The zero-order valence-corrected chi connectivity index (χ0v) is 20.0. The molecule has 176 valence electrons. The number of rotatable bonds is 8. The van der Waals surface area contributed by atoms with Crippen molar-refractivity contribution in [3.63, 3.8) is 0 Å². The number of hydrazone groups is 1. The third-order valence-corrected chi connectivity index (χ3v) is 6.05. The second kappa shape index (κ2) is 10.9. The van der Waals surface area contributed by atoms with Crippen LogP contribution in [0.3, 0.4) is 0 Å². The van der Waals surface area contributed by atoms with E-state index in [0.29, 0.717) is 21.6 Å². The summed E-state index contributed by atoms with van der Waals surface area (Å²) in [5.74, 6) is 0.353. The second-order valence-electron chi connectivity index (χ2n) is 7.41. The minimum absolute atomic E-state index is 0.0155. The predicted octanol–water partition coefficient (Wildman–Crippen LogP) is 5.05. The summed E-state index contributed by atoms with van der Waals surface area (Å²) < 4.78 is 1.89. The van der Waals surface area contributed by atoms with Crippen molar-refractivity contribution in [2.45, 2.75) is 12.1 Å². The number of aromatic nitrogens is 3. The fourth-order valence-electron chi connectivity index (χ4n) is 3.10. The van der Waals surface area contributed by atoms with E-state index >= 15 is 0 Å². The molecule has 0 aliphatic carbocycles. The molecule has 0 radical (unpaired) electrons. The molecule has 0 aliphatic heterocycles. The normalized spacial score (nSPS) is 11.0. The SMILES string of the molecule is Cc1ccc(-n2c(SCC(=O)N/N=C/c3ccc([N+](=O)[O-])cc3)nnc2-c2ccc(Cl)cc2)cc1. The molecule has 0 fully saturated rings. The molecular formula is C24H19ClN6O3S. The maximum absolute atomic E-state index is 12.3. The van der Waals surface area contributed by atoms with Crippen LogP contribution in [-0.4, -0.2) is 37.6 Å². The minimum atomic E-state index is -0.479. The standard InChI is InChI=1S/C24H19ClN6O3S/c1-16-2-10-20(11-3-16)30-23(18-6-8-19(25)9-7-18)28-29-24(30)35-15-22(32)27-26-14-17-4-12-21(13-5-17)31(33)34/h2-14H,15H2,1H3,(H,27,32)/b26-14+. The van der Waals surface area contributed by atoms with Gasteiger partial charge in [-0.05, 0) is 61.0 Å². The molecule has 0 aliphatic rings. The highest BCUT2D eigenvalue weighted by molar-refractivity contribution is 7.99. The van der Waals surface area contributed by atoms with Gasteiger partial charge in [0.25, 0.3) is 11.6 Å². The second-order valence-corrected chi connectivity index (χ2v) is 8.79. The fourth-order valence-corrected chi connectivity index (χ4v) is 3.97. The molecule has 1 aromatic heterocycles. The van der Waals surface area contributed by atoms with Crippen LogP contribution in [0.25, 0.3) is 17.1 Å². The summed E-state index contributed by atoms with van der Waals surface area (Å²) in [4.78, 5) is 22.6. The van der Waals surface area contributed by atoms with E-state index in [1.54, 1.807) is 24.3 Å². The number of hydrogen-bond donors (Lipinski definition) is 1. The lowest BCUT2D eigenvalue weighted by atomic mass is 10.2. The molecule has 0 unspecified atom stereocenters. The maximum atomic E-state index is 12.3. The maximum Gasteiger partial charge on any atom is 0.269 e. The number of amides is 1. The molecule has 4 aromatic rings. The fraction of sp³-hybridized carbons (Fsp3) is 0.0833. The average molecular weight is 507 g/mol. The summed E-state index contributed by atoms with van der Waals surface area (Å²) in [6, 6.07) is 21.1. The Balaban J connectivity index is 1.47. The summed E-state index contributed by atoms with van der Waals surface area (Å²) in [5.41, 5.74) is 5.88. The molecule has 4 rings (SSSR count). The van der Waals surface area contributed by atoms with Gasteiger partial charge in [-0.1, -0.05) is 41.1 Å². The number of nitro benzene ring substituents is 1. The molecule has 1 amide bonds. The lowest BCUT2D eigenvalue weighted by molar-refractivity contribution is -0.384. The van der Waals surface area contributed by atoms with E-state index in [0.717, 1.165) is 16.8 Å². The molecule has 0 saturated heterocycles. The Hall–Kier alpha value is -4.02. The molecule has 0 spiro atoms. The van der Waals surface area contributed by atoms with Crippen LogP contribution in [0.2, 0.25) is 5.02 Å². The summed E-state index contributed by atoms with van der Waals surface area (Å²) in [6.45, 7) is 2.01. The average Bonchev–Trinajstić information content (AvgIpc) is 3.28. The smallest absolute Gasteiger partial charge is 0.269 e. The van der Waals surface area contributed by atoms with Crippen LogP contribution in [0.5, 0.6) is 0 Å². The number of non-ortho nitro benzene ring substituents is 1. The number of hydrogen-bond acceptors (Lipinski definition) is 7. The highest BCUT2D eigenvalue weighted by Crippen LogP contribution is 2.28. The summed E-state index contributed by atoms with van der Waals surface area (Å²) in [7, 11) is 0. The van der Waals surface area contributed by atoms with Crippen LogP contribution in [0.15, 0.2) is 83.1 Å². The number of nitro groups is 1. The number of benzene rings is 3. The van der Waals surface area contributed by atoms with Crippen molar-refractivity contribution in [2.24, 2.45) is 5.10 Å². The Morgan fingerprint density at radius 2 is 1.77 bits per heavy atom. The molecule has 0 bridgehead atoms. The Labute approximate surface area is 210 Å². The van der Waals surface area contributed by atoms with Gasteiger partial charge in [0.2, 0.25) is 0 Å². The Morgan fingerprint density at radius 3 is 2.43 bits per heavy atom. The zero-order chi connectivity index (χ0) is 24.8. The van der Waals surface area contributed by atoms with E-state index in [2.05, 4.69) is 20.7 Å². The summed E-state index contributed by atoms with van der Waals surface area (Å²) in [6.07, 6.45) is 1.42. The van der Waals surface area contributed by atoms with Crippen LogP contribution in [0.1, 0.15) is 11.1 Å². The number of aryl methyl sites for hydroxylation is 1. The topological polar surface area (TPSA) is 115 Å². The Kier molecular flexibility index (Phi) is 7.54. The van der Waals surface area contributed by atoms with Gasteiger partial charge in [0.1, 0.15) is 0 Å². The summed E-state index contributed by atoms with van der Waals surface area (Å²) >= 11 is 7.26. The third kappa shape index (κ3) is 6.11. The van der Waals surface area contributed by atoms with Crippen molar-refractivity contribution in [1.29, 1.82) is 0 Å². The molecule has 1 N–H and O–H groups in total. The first-order chi connectivity index (χ1) is 16.9. The van der Waals surface area contributed by atoms with Gasteiger partial charge in [-0.2, -0.15) is 5.10 Å². The van der Waals surface area contributed by atoms with E-state index in [4.69, 9.17) is 11.6 Å².